The first kappa shape index (κ1) is 21.8. The topological polar surface area (TPSA) is 76.9 Å². The van der Waals surface area contributed by atoms with Crippen molar-refractivity contribution in [2.75, 3.05) is 19.6 Å². The lowest BCUT2D eigenvalue weighted by Crippen LogP contribution is -2.71. The fraction of sp³-hybridized carbons (Fsp3) is 0.409. The van der Waals surface area contributed by atoms with E-state index in [0.29, 0.717) is 11.4 Å². The summed E-state index contributed by atoms with van der Waals surface area (Å²) in [6.45, 7) is 5.96. The van der Waals surface area contributed by atoms with Gasteiger partial charge in [0.1, 0.15) is 23.6 Å². The smallest absolute Gasteiger partial charge is 0.435 e. The summed E-state index contributed by atoms with van der Waals surface area (Å²) in [5.41, 5.74) is -0.0879. The van der Waals surface area contributed by atoms with Gasteiger partial charge in [-0.3, -0.25) is 4.68 Å². The molecule has 33 heavy (non-hydrogen) atoms. The number of nitrogens with zero attached hydrogens (tertiary/aromatic N) is 4. The van der Waals surface area contributed by atoms with E-state index in [1.807, 2.05) is 0 Å². The van der Waals surface area contributed by atoms with Gasteiger partial charge in [-0.25, -0.2) is 14.4 Å². The van der Waals surface area contributed by atoms with Gasteiger partial charge in [0.25, 0.3) is 0 Å². The highest BCUT2D eigenvalue weighted by Gasteiger charge is 2.53. The highest BCUT2D eigenvalue weighted by molar-refractivity contribution is 5.69. The molecular weight excluding hydrogens is 440 g/mol. The minimum Gasteiger partial charge on any atom is -0.453 e. The zero-order valence-corrected chi connectivity index (χ0v) is 17.9. The molecule has 0 aliphatic carbocycles. The van der Waals surface area contributed by atoms with Gasteiger partial charge in [-0.15, -0.1) is 0 Å². The summed E-state index contributed by atoms with van der Waals surface area (Å²) in [6.07, 6.45) is -1.70. The minimum atomic E-state index is -4.63. The lowest BCUT2D eigenvalue weighted by atomic mass is 9.67. The van der Waals surface area contributed by atoms with E-state index in [9.17, 15) is 17.6 Å². The molecule has 0 amide bonds. The largest absolute Gasteiger partial charge is 0.453 e. The Bertz CT molecular complexity index is 1180. The van der Waals surface area contributed by atoms with Crippen LogP contribution >= 0.6 is 0 Å². The van der Waals surface area contributed by atoms with Crippen molar-refractivity contribution in [2.45, 2.75) is 32.1 Å². The fourth-order valence-corrected chi connectivity index (χ4v) is 4.31. The van der Waals surface area contributed by atoms with Gasteiger partial charge in [0, 0.05) is 36.7 Å². The van der Waals surface area contributed by atoms with Crippen LogP contribution in [0, 0.1) is 11.2 Å². The van der Waals surface area contributed by atoms with Crippen molar-refractivity contribution < 1.29 is 22.3 Å². The lowest BCUT2D eigenvalue weighted by Gasteiger charge is -2.56. The van der Waals surface area contributed by atoms with Crippen LogP contribution < -0.4 is 15.4 Å². The molecule has 2 aliphatic heterocycles. The van der Waals surface area contributed by atoms with Crippen LogP contribution in [-0.4, -0.2) is 39.4 Å². The van der Waals surface area contributed by atoms with Gasteiger partial charge >= 0.3 is 6.18 Å². The number of halogens is 4. The minimum absolute atomic E-state index is 0.0429. The molecule has 4 heterocycles. The zero-order chi connectivity index (χ0) is 23.4. The molecule has 2 aliphatic rings. The number of hydrogen-bond donors (Lipinski definition) is 2. The molecule has 2 saturated heterocycles. The molecule has 3 aromatic rings. The highest BCUT2D eigenvalue weighted by Crippen LogP contribution is 2.47. The van der Waals surface area contributed by atoms with E-state index in [4.69, 9.17) is 4.74 Å². The van der Waals surface area contributed by atoms with Crippen molar-refractivity contribution in [2.24, 2.45) is 5.41 Å². The van der Waals surface area contributed by atoms with E-state index in [1.54, 1.807) is 13.8 Å². The molecule has 2 N–H and O–H groups in total. The van der Waals surface area contributed by atoms with Crippen LogP contribution in [0.3, 0.4) is 0 Å². The highest BCUT2D eigenvalue weighted by atomic mass is 19.4. The van der Waals surface area contributed by atoms with Crippen LogP contribution in [0.25, 0.3) is 11.3 Å². The van der Waals surface area contributed by atoms with E-state index in [0.717, 1.165) is 31.8 Å². The standard InChI is InChI=1S/C22H22F4N6O/c1-12(2)32-15(6-18(31-32)22(24,25)26)14-5-13(23)3-4-16(14)33-17-7-27-11-30-19(17)20-21(10-29-20)8-28-9-21/h3-7,11-12,20,28-29H,8-10H2,1-2H3. The first-order chi connectivity index (χ1) is 15.7. The van der Waals surface area contributed by atoms with Crippen LogP contribution in [0.4, 0.5) is 17.6 Å². The molecule has 0 bridgehead atoms. The first-order valence-corrected chi connectivity index (χ1v) is 10.6. The molecule has 7 nitrogen and oxygen atoms in total. The fourth-order valence-electron chi connectivity index (χ4n) is 4.31. The Morgan fingerprint density at radius 2 is 1.94 bits per heavy atom. The maximum Gasteiger partial charge on any atom is 0.435 e. The van der Waals surface area contributed by atoms with Crippen LogP contribution in [-0.2, 0) is 6.18 Å². The Balaban J connectivity index is 1.57. The molecule has 5 rings (SSSR count). The van der Waals surface area contributed by atoms with Gasteiger partial charge in [-0.1, -0.05) is 0 Å². The van der Waals surface area contributed by atoms with Crippen LogP contribution in [0.2, 0.25) is 0 Å². The lowest BCUT2D eigenvalue weighted by molar-refractivity contribution is -0.141. The molecule has 1 unspecified atom stereocenters. The summed E-state index contributed by atoms with van der Waals surface area (Å²) in [4.78, 5) is 8.47. The maximum atomic E-state index is 14.2. The van der Waals surface area contributed by atoms with Gasteiger partial charge in [0.15, 0.2) is 11.4 Å². The third-order valence-corrected chi connectivity index (χ3v) is 6.16. The molecule has 0 radical (unpaired) electrons. The molecule has 1 spiro atoms. The molecular formula is C22H22F4N6O. The number of alkyl halides is 3. The normalized spacial score (nSPS) is 19.4. The van der Waals surface area contributed by atoms with Crippen molar-refractivity contribution >= 4 is 0 Å². The number of benzene rings is 1. The number of nitrogens with one attached hydrogen (secondary N) is 2. The summed E-state index contributed by atoms with van der Waals surface area (Å²) in [5.74, 6) is -0.0596. The Morgan fingerprint density at radius 3 is 2.55 bits per heavy atom. The molecule has 174 valence electrons. The van der Waals surface area contributed by atoms with Gasteiger partial charge in [0.05, 0.1) is 17.9 Å². The van der Waals surface area contributed by atoms with Gasteiger partial charge in [-0.2, -0.15) is 18.3 Å². The Morgan fingerprint density at radius 1 is 1.15 bits per heavy atom. The second kappa shape index (κ2) is 7.77. The second-order valence-corrected chi connectivity index (χ2v) is 8.75. The third kappa shape index (κ3) is 3.74. The summed E-state index contributed by atoms with van der Waals surface area (Å²) in [6, 6.07) is 4.20. The molecule has 2 fully saturated rings. The summed E-state index contributed by atoms with van der Waals surface area (Å²) in [5, 5.41) is 10.4. The van der Waals surface area contributed by atoms with Crippen molar-refractivity contribution in [1.82, 2.24) is 30.4 Å². The van der Waals surface area contributed by atoms with E-state index in [2.05, 4.69) is 25.7 Å². The molecule has 1 aromatic carbocycles. The van der Waals surface area contributed by atoms with Crippen LogP contribution in [0.15, 0.2) is 36.8 Å². The van der Waals surface area contributed by atoms with Gasteiger partial charge in [0.2, 0.25) is 0 Å². The summed E-state index contributed by atoms with van der Waals surface area (Å²) in [7, 11) is 0. The second-order valence-electron chi connectivity index (χ2n) is 8.75. The summed E-state index contributed by atoms with van der Waals surface area (Å²) >= 11 is 0. The number of hydrogen-bond acceptors (Lipinski definition) is 6. The van der Waals surface area contributed by atoms with E-state index in [-0.39, 0.29) is 28.5 Å². The first-order valence-electron chi connectivity index (χ1n) is 10.6. The van der Waals surface area contributed by atoms with Crippen LogP contribution in [0.5, 0.6) is 11.5 Å². The third-order valence-electron chi connectivity index (χ3n) is 6.16. The van der Waals surface area contributed by atoms with E-state index in [1.165, 1.54) is 29.3 Å². The van der Waals surface area contributed by atoms with Crippen molar-refractivity contribution in [3.63, 3.8) is 0 Å². The summed E-state index contributed by atoms with van der Waals surface area (Å²) < 4.78 is 61.7. The molecule has 1 atom stereocenters. The van der Waals surface area contributed by atoms with Crippen molar-refractivity contribution in [3.8, 4) is 22.8 Å². The SMILES string of the molecule is CC(C)n1nc(C(F)(F)F)cc1-c1cc(F)ccc1Oc1cncnc1C1NCC12CNC2. The van der Waals surface area contributed by atoms with Crippen molar-refractivity contribution in [3.05, 3.63) is 54.0 Å². The van der Waals surface area contributed by atoms with Gasteiger partial charge in [-0.05, 0) is 38.1 Å². The average molecular weight is 462 g/mol. The average Bonchev–Trinajstić information content (AvgIpc) is 3.15. The zero-order valence-electron chi connectivity index (χ0n) is 17.9. The number of aromatic nitrogens is 4. The van der Waals surface area contributed by atoms with Crippen LogP contribution in [0.1, 0.15) is 37.3 Å². The predicted molar refractivity (Wildman–Crippen MR) is 111 cm³/mol. The number of ether oxygens (including phenoxy) is 1. The molecule has 0 saturated carbocycles. The molecule has 2 aromatic heterocycles. The maximum absolute atomic E-state index is 14.2. The molecule has 11 heteroatoms. The van der Waals surface area contributed by atoms with E-state index >= 15 is 0 Å². The Labute approximate surface area is 187 Å². The van der Waals surface area contributed by atoms with Gasteiger partial charge < -0.3 is 15.4 Å². The number of rotatable bonds is 5. The van der Waals surface area contributed by atoms with E-state index < -0.39 is 23.7 Å². The Kier molecular flexibility index (Phi) is 5.13. The predicted octanol–water partition coefficient (Wildman–Crippen LogP) is 4.11. The Hall–Kier alpha value is -3.05. The monoisotopic (exact) mass is 462 g/mol. The van der Waals surface area contributed by atoms with Crippen molar-refractivity contribution in [1.29, 1.82) is 0 Å². The quantitative estimate of drug-likeness (QED) is 0.556.